The van der Waals surface area contributed by atoms with Crippen LogP contribution in [0, 0.1) is 0 Å². The molecule has 3 aromatic rings. The number of nitrogens with one attached hydrogen (secondary N) is 2. The van der Waals surface area contributed by atoms with Crippen LogP contribution in [0.2, 0.25) is 0 Å². The molecule has 8 nitrogen and oxygen atoms in total. The average Bonchev–Trinajstić information content (AvgIpc) is 3.18. The van der Waals surface area contributed by atoms with E-state index in [4.69, 9.17) is 4.74 Å². The molecule has 0 spiro atoms. The van der Waals surface area contributed by atoms with E-state index in [-0.39, 0.29) is 11.3 Å². The van der Waals surface area contributed by atoms with Crippen molar-refractivity contribution in [1.82, 2.24) is 14.9 Å². The molecule has 1 amide bonds. The Morgan fingerprint density at radius 3 is 2.70 bits per heavy atom. The number of benzene rings is 1. The maximum atomic E-state index is 13.4. The summed E-state index contributed by atoms with van der Waals surface area (Å²) in [6.07, 6.45) is 5.71. The number of anilines is 3. The molecular weight excluding hydrogens is 464 g/mol. The molecular formula is C29H36N6O2. The first-order chi connectivity index (χ1) is 17.8. The Labute approximate surface area is 219 Å². The van der Waals surface area contributed by atoms with Gasteiger partial charge in [0, 0.05) is 54.4 Å². The fraction of sp³-hybridized carbons (Fsp3) is 0.414. The van der Waals surface area contributed by atoms with Gasteiger partial charge in [0.15, 0.2) is 0 Å². The second-order valence-corrected chi connectivity index (χ2v) is 10.7. The summed E-state index contributed by atoms with van der Waals surface area (Å²) in [6.45, 7) is 8.36. The van der Waals surface area contributed by atoms with Gasteiger partial charge in [-0.15, -0.1) is 0 Å². The molecule has 0 aliphatic carbocycles. The van der Waals surface area contributed by atoms with Gasteiger partial charge in [-0.25, -0.2) is 9.97 Å². The first-order valence-electron chi connectivity index (χ1n) is 12.9. The Kier molecular flexibility index (Phi) is 7.02. The van der Waals surface area contributed by atoms with E-state index in [1.165, 1.54) is 11.3 Å². The third-order valence-electron chi connectivity index (χ3n) is 7.51. The molecule has 2 N–H and O–H groups in total. The Balaban J connectivity index is 1.33. The third kappa shape index (κ3) is 5.39. The van der Waals surface area contributed by atoms with Crippen molar-refractivity contribution in [2.24, 2.45) is 0 Å². The number of pyridine rings is 2. The van der Waals surface area contributed by atoms with Crippen molar-refractivity contribution in [3.05, 3.63) is 71.5 Å². The van der Waals surface area contributed by atoms with Crippen molar-refractivity contribution in [2.75, 3.05) is 49.3 Å². The molecule has 1 saturated heterocycles. The lowest BCUT2D eigenvalue weighted by atomic mass is 9.87. The molecule has 0 saturated carbocycles. The number of aromatic nitrogens is 2. The van der Waals surface area contributed by atoms with Crippen LogP contribution < -0.4 is 20.3 Å². The molecule has 0 bridgehead atoms. The first-order valence-corrected chi connectivity index (χ1v) is 12.9. The fourth-order valence-electron chi connectivity index (χ4n) is 5.43. The summed E-state index contributed by atoms with van der Waals surface area (Å²) in [5.74, 6) is 0.893. The molecule has 2 aromatic heterocycles. The normalized spacial score (nSPS) is 17.4. The summed E-state index contributed by atoms with van der Waals surface area (Å²) < 4.78 is 5.21. The summed E-state index contributed by atoms with van der Waals surface area (Å²) in [5.41, 5.74) is 4.95. The van der Waals surface area contributed by atoms with Gasteiger partial charge >= 0.3 is 0 Å². The van der Waals surface area contributed by atoms with Crippen LogP contribution in [0.3, 0.4) is 0 Å². The Morgan fingerprint density at radius 2 is 1.92 bits per heavy atom. The zero-order valence-electron chi connectivity index (χ0n) is 22.1. The van der Waals surface area contributed by atoms with Gasteiger partial charge in [0.1, 0.15) is 5.82 Å². The largest absolute Gasteiger partial charge is 0.481 e. The van der Waals surface area contributed by atoms with E-state index in [0.717, 1.165) is 43.7 Å². The van der Waals surface area contributed by atoms with Crippen LogP contribution in [0.25, 0.3) is 0 Å². The van der Waals surface area contributed by atoms with E-state index in [2.05, 4.69) is 63.4 Å². The predicted octanol–water partition coefficient (Wildman–Crippen LogP) is 4.54. The highest BCUT2D eigenvalue weighted by Crippen LogP contribution is 2.44. The molecule has 194 valence electrons. The number of methoxy groups -OCH3 is 1. The number of carbonyl (C=O) groups excluding carboxylic acids is 1. The van der Waals surface area contributed by atoms with Gasteiger partial charge in [-0.1, -0.05) is 19.9 Å². The summed E-state index contributed by atoms with van der Waals surface area (Å²) >= 11 is 0. The molecule has 5 rings (SSSR count). The van der Waals surface area contributed by atoms with E-state index in [9.17, 15) is 4.79 Å². The molecule has 8 heteroatoms. The quantitative estimate of drug-likeness (QED) is 0.493. The minimum atomic E-state index is -0.189. The molecule has 0 unspecified atom stereocenters. The highest BCUT2D eigenvalue weighted by Gasteiger charge is 2.39. The van der Waals surface area contributed by atoms with E-state index < -0.39 is 0 Å². The second kappa shape index (κ2) is 10.4. The number of ether oxygens (including phenoxy) is 1. The van der Waals surface area contributed by atoms with Crippen LogP contribution in [0.15, 0.2) is 54.9 Å². The van der Waals surface area contributed by atoms with Gasteiger partial charge in [0.05, 0.1) is 12.7 Å². The number of nitrogens with zero attached hydrogens (tertiary/aromatic N) is 4. The van der Waals surface area contributed by atoms with Crippen LogP contribution in [0.4, 0.5) is 17.2 Å². The van der Waals surface area contributed by atoms with E-state index in [1.807, 2.05) is 18.2 Å². The number of rotatable bonds is 7. The first kappa shape index (κ1) is 25.0. The van der Waals surface area contributed by atoms with Gasteiger partial charge < -0.3 is 25.2 Å². The van der Waals surface area contributed by atoms with Crippen LogP contribution >= 0.6 is 0 Å². The molecule has 1 aromatic carbocycles. The smallest absolute Gasteiger partial charge is 0.259 e. The minimum Gasteiger partial charge on any atom is -0.481 e. The molecule has 2 aliphatic heterocycles. The molecule has 2 aliphatic rings. The van der Waals surface area contributed by atoms with Crippen molar-refractivity contribution < 1.29 is 9.53 Å². The maximum Gasteiger partial charge on any atom is 0.259 e. The summed E-state index contributed by atoms with van der Waals surface area (Å²) in [5, 5.41) is 6.40. The van der Waals surface area contributed by atoms with Crippen molar-refractivity contribution in [1.29, 1.82) is 0 Å². The zero-order valence-corrected chi connectivity index (χ0v) is 22.1. The van der Waals surface area contributed by atoms with Crippen LogP contribution in [-0.4, -0.2) is 60.6 Å². The number of amides is 1. The number of hydrogen-bond acceptors (Lipinski definition) is 7. The molecule has 1 fully saturated rings. The highest BCUT2D eigenvalue weighted by atomic mass is 16.5. The van der Waals surface area contributed by atoms with Crippen molar-refractivity contribution in [2.45, 2.75) is 44.7 Å². The lowest BCUT2D eigenvalue weighted by molar-refractivity contribution is 0.102. The minimum absolute atomic E-state index is 0.0807. The Morgan fingerprint density at radius 1 is 1.11 bits per heavy atom. The van der Waals surface area contributed by atoms with Gasteiger partial charge in [0.25, 0.3) is 5.91 Å². The number of carbonyl (C=O) groups is 1. The van der Waals surface area contributed by atoms with Crippen molar-refractivity contribution in [3.8, 4) is 5.88 Å². The van der Waals surface area contributed by atoms with Gasteiger partial charge in [-0.3, -0.25) is 4.79 Å². The van der Waals surface area contributed by atoms with Gasteiger partial charge in [-0.2, -0.15) is 0 Å². The number of hydrogen-bond donors (Lipinski definition) is 2. The Hall–Kier alpha value is -3.65. The molecule has 37 heavy (non-hydrogen) atoms. The van der Waals surface area contributed by atoms with E-state index in [0.29, 0.717) is 29.8 Å². The number of fused-ring (bicyclic) bond motifs is 1. The van der Waals surface area contributed by atoms with E-state index in [1.54, 1.807) is 31.6 Å². The lowest BCUT2D eigenvalue weighted by Crippen LogP contribution is -2.44. The van der Waals surface area contributed by atoms with Crippen LogP contribution in [0.1, 0.15) is 48.2 Å². The summed E-state index contributed by atoms with van der Waals surface area (Å²) in [4.78, 5) is 26.9. The standard InChI is InChI=1S/C29H36N6O2/c1-29(2)19-35(22-10-14-34(3)15-11-22)25-17-21(7-8-24(25)29)33-28(36)23-6-5-12-31-27(23)32-18-20-9-13-30-26(16-20)37-4/h5-9,12-13,16-17,22H,10-11,14-15,18-19H2,1-4H3,(H,31,32)(H,33,36). The lowest BCUT2D eigenvalue weighted by Gasteiger charge is -2.37. The summed E-state index contributed by atoms with van der Waals surface area (Å²) in [6, 6.07) is 14.2. The molecule has 0 atom stereocenters. The fourth-order valence-corrected chi connectivity index (χ4v) is 5.43. The molecule has 0 radical (unpaired) electrons. The van der Waals surface area contributed by atoms with Crippen LogP contribution in [-0.2, 0) is 12.0 Å². The van der Waals surface area contributed by atoms with Crippen molar-refractivity contribution in [3.63, 3.8) is 0 Å². The van der Waals surface area contributed by atoms with Crippen LogP contribution in [0.5, 0.6) is 5.88 Å². The van der Waals surface area contributed by atoms with E-state index >= 15 is 0 Å². The average molecular weight is 501 g/mol. The monoisotopic (exact) mass is 500 g/mol. The number of piperidine rings is 1. The highest BCUT2D eigenvalue weighted by molar-refractivity contribution is 6.07. The molecule has 4 heterocycles. The number of likely N-dealkylation sites (tertiary alicyclic amines) is 1. The second-order valence-electron chi connectivity index (χ2n) is 10.7. The maximum absolute atomic E-state index is 13.4. The Bertz CT molecular complexity index is 1270. The van der Waals surface area contributed by atoms with Crippen molar-refractivity contribution >= 4 is 23.1 Å². The zero-order chi connectivity index (χ0) is 26.0. The predicted molar refractivity (Wildman–Crippen MR) is 148 cm³/mol. The summed E-state index contributed by atoms with van der Waals surface area (Å²) in [7, 11) is 3.79. The third-order valence-corrected chi connectivity index (χ3v) is 7.51. The topological polar surface area (TPSA) is 82.6 Å². The van der Waals surface area contributed by atoms with Gasteiger partial charge in [-0.05, 0) is 74.4 Å². The SMILES string of the molecule is COc1cc(CNc2ncccc2C(=O)Nc2ccc3c(c2)N(C2CCN(C)CC2)CC3(C)C)ccn1. The van der Waals surface area contributed by atoms with Gasteiger partial charge in [0.2, 0.25) is 5.88 Å².